The van der Waals surface area contributed by atoms with E-state index < -0.39 is 57.0 Å². The zero-order valence-electron chi connectivity index (χ0n) is 50.9. The Bertz CT molecular complexity index is 2800. The van der Waals surface area contributed by atoms with Crippen LogP contribution in [-0.4, -0.2) is 210 Å². The standard InChI is InChI=1S/C16H36N.C13H18N4O7S.C13H18N4O4.C12H17N5O7S/c1-5-9-13-17(14-10-6-2,15-11-7-3)16-12-8-4;18-13-16-6-8(17(13)24-25(19,20)21)4-5-10(16)12-15-14-11(23-12)7-22-9-2-1-3-9;18-13-16-6-8(17(13)19)4-5-10(16)12-15-14-11(21-12)7-20-9-2-1-3-9;18-12-16-5-7(17(12)24-25(19,20)21)1-2-9(16)11-15-14-10(23-11)6-22-8-3-13-4-8/h5-16H2,1-4H3;8-10H,1-7H2,(H,19,20,21);8-10,19H,1-7H2;7-9,13H,1-6H2,(H,19,20,21)/q+1;;;/p-1/t;2*8-,10+;7-,9+/m.111/s1. The van der Waals surface area contributed by atoms with Crippen LogP contribution < -0.4 is 5.32 Å². The molecule has 2 aliphatic carbocycles. The molecule has 6 amide bonds. The van der Waals surface area contributed by atoms with Crippen molar-refractivity contribution in [3.05, 3.63) is 35.3 Å². The fourth-order valence-electron chi connectivity index (χ4n) is 12.1. The molecule has 494 valence electrons. The number of fused-ring (bicyclic) bond motifs is 6. The predicted molar refractivity (Wildman–Crippen MR) is 303 cm³/mol. The van der Waals surface area contributed by atoms with Crippen molar-refractivity contribution < 1.29 is 86.0 Å². The molecule has 10 heterocycles. The third kappa shape index (κ3) is 17.4. The van der Waals surface area contributed by atoms with E-state index in [0.717, 1.165) is 63.1 Å². The topological polar surface area (TPSA) is 377 Å². The number of carbonyl (C=O) groups excluding carboxylic acids is 3. The second-order valence-electron chi connectivity index (χ2n) is 24.1. The zero-order valence-corrected chi connectivity index (χ0v) is 52.5. The van der Waals surface area contributed by atoms with Crippen LogP contribution in [-0.2, 0) is 63.4 Å². The van der Waals surface area contributed by atoms with E-state index in [1.54, 1.807) is 4.90 Å². The van der Waals surface area contributed by atoms with Crippen LogP contribution in [0.1, 0.15) is 210 Å². The summed E-state index contributed by atoms with van der Waals surface area (Å²) in [5.41, 5.74) is 0. The highest BCUT2D eigenvalue weighted by Gasteiger charge is 2.51. The molecule has 9 fully saturated rings. The molecule has 0 unspecified atom stereocenters. The van der Waals surface area contributed by atoms with Gasteiger partial charge in [0.2, 0.25) is 45.7 Å². The van der Waals surface area contributed by atoms with Gasteiger partial charge in [-0.1, -0.05) is 53.4 Å². The van der Waals surface area contributed by atoms with Gasteiger partial charge in [0.25, 0.3) is 0 Å². The number of carbonyl (C=O) groups is 3. The predicted octanol–water partition coefficient (Wildman–Crippen LogP) is 6.18. The molecule has 7 saturated heterocycles. The van der Waals surface area contributed by atoms with Gasteiger partial charge in [-0.2, -0.15) is 22.8 Å². The summed E-state index contributed by atoms with van der Waals surface area (Å²) in [5, 5.41) is 38.7. The molecule has 3 aromatic heterocycles. The average Bonchev–Trinajstić information content (AvgIpc) is 3.39. The number of hydroxylamine groups is 6. The van der Waals surface area contributed by atoms with Gasteiger partial charge in [-0.3, -0.25) is 9.76 Å². The quantitative estimate of drug-likeness (QED) is 0.0316. The molecule has 32 nitrogen and oxygen atoms in total. The minimum Gasteiger partial charge on any atom is -0.724 e. The number of unbranched alkanes of at least 4 members (excludes halogenated alkanes) is 4. The summed E-state index contributed by atoms with van der Waals surface area (Å²) in [6.45, 7) is 18.3. The van der Waals surface area contributed by atoms with Crippen LogP contribution in [0, 0.1) is 0 Å². The summed E-state index contributed by atoms with van der Waals surface area (Å²) < 4.78 is 107. The Morgan fingerprint density at radius 3 is 1.23 bits per heavy atom. The minimum absolute atomic E-state index is 0.113. The molecule has 0 aromatic carbocycles. The van der Waals surface area contributed by atoms with Gasteiger partial charge in [-0.05, 0) is 103 Å². The van der Waals surface area contributed by atoms with E-state index in [1.165, 1.54) is 98.2 Å². The van der Waals surface area contributed by atoms with Crippen LogP contribution in [0.3, 0.4) is 0 Å². The normalized spacial score (nSPS) is 24.6. The molecule has 6 atom stereocenters. The molecule has 3 aromatic rings. The van der Waals surface area contributed by atoms with Crippen LogP contribution >= 0.6 is 0 Å². The van der Waals surface area contributed by atoms with Crippen molar-refractivity contribution in [3.8, 4) is 0 Å². The summed E-state index contributed by atoms with van der Waals surface area (Å²) in [5.74, 6) is 2.08. The lowest BCUT2D eigenvalue weighted by molar-refractivity contribution is -0.929. The van der Waals surface area contributed by atoms with E-state index in [-0.39, 0.29) is 68.4 Å². The lowest BCUT2D eigenvalue weighted by Gasteiger charge is -2.39. The van der Waals surface area contributed by atoms with E-state index >= 15 is 0 Å². The lowest BCUT2D eigenvalue weighted by atomic mass is 9.96. The van der Waals surface area contributed by atoms with Crippen molar-refractivity contribution in [2.24, 2.45) is 0 Å². The number of urea groups is 3. The van der Waals surface area contributed by atoms with Crippen molar-refractivity contribution in [2.45, 2.75) is 230 Å². The van der Waals surface area contributed by atoms with Crippen molar-refractivity contribution >= 4 is 38.9 Å². The van der Waals surface area contributed by atoms with Crippen LogP contribution in [0.25, 0.3) is 0 Å². The number of amides is 6. The van der Waals surface area contributed by atoms with Crippen LogP contribution in [0.2, 0.25) is 0 Å². The maximum absolute atomic E-state index is 12.3. The number of rotatable bonds is 28. The number of hydrogen-bond donors (Lipinski definition) is 3. The number of hydrogen-bond acceptors (Lipinski definition) is 24. The summed E-state index contributed by atoms with van der Waals surface area (Å²) in [6, 6.07) is -3.98. The first kappa shape index (κ1) is 67.1. The SMILES string of the molecule is CCCC[N+](CCCC)(CCCC)CCCC.O=C1N(O)[C@@H]2CC[C@@H](c3nnc(COC4CCC4)o3)N1C2.O=C1N2C[C@@H](CC[C@H]2c2nnc(COC3CCC3)o2)N1OS(=O)(=O)[O-].O=C1N2C[C@@H](CC[C@H]2c2nnc(COC3CNC3)o2)N1OS(=O)(=O)O. The van der Waals surface area contributed by atoms with E-state index in [4.69, 9.17) is 32.0 Å². The maximum atomic E-state index is 12.3. The zero-order chi connectivity index (χ0) is 62.6. The summed E-state index contributed by atoms with van der Waals surface area (Å²) >= 11 is 0. The minimum atomic E-state index is -5.01. The molecule has 12 rings (SSSR count). The van der Waals surface area contributed by atoms with Gasteiger partial charge in [-0.25, -0.2) is 27.9 Å². The first-order valence-electron chi connectivity index (χ1n) is 31.5. The number of ether oxygens (including phenoxy) is 3. The van der Waals surface area contributed by atoms with Gasteiger partial charge in [-0.15, -0.1) is 34.9 Å². The molecular weight excluding hydrogens is 1200 g/mol. The van der Waals surface area contributed by atoms with E-state index in [2.05, 4.69) is 72.2 Å². The molecule has 2 saturated carbocycles. The highest BCUT2D eigenvalue weighted by Crippen LogP contribution is 2.41. The number of nitrogens with one attached hydrogen (secondary N) is 1. The second-order valence-corrected chi connectivity index (χ2v) is 26.1. The molecule has 34 heteroatoms. The molecule has 7 aliphatic heterocycles. The number of aromatic nitrogens is 6. The number of piperidine rings is 3. The van der Waals surface area contributed by atoms with Crippen LogP contribution in [0.5, 0.6) is 0 Å². The molecule has 9 aliphatic rings. The molecule has 0 spiro atoms. The molecule has 3 N–H and O–H groups in total. The Morgan fingerprint density at radius 2 is 0.886 bits per heavy atom. The second kappa shape index (κ2) is 30.7. The van der Waals surface area contributed by atoms with Crippen LogP contribution in [0.15, 0.2) is 13.3 Å². The summed E-state index contributed by atoms with van der Waals surface area (Å²) in [4.78, 5) is 41.0. The Morgan fingerprint density at radius 1 is 0.523 bits per heavy atom. The highest BCUT2D eigenvalue weighted by atomic mass is 32.3. The highest BCUT2D eigenvalue weighted by molar-refractivity contribution is 7.81. The fraction of sp³-hybridized carbons (Fsp3) is 0.833. The third-order valence-corrected chi connectivity index (χ3v) is 18.5. The first-order valence-corrected chi connectivity index (χ1v) is 34.2. The Balaban J connectivity index is 0.000000141. The molecule has 0 radical (unpaired) electrons. The first-order chi connectivity index (χ1) is 42.3. The van der Waals surface area contributed by atoms with Crippen molar-refractivity contribution in [3.63, 3.8) is 0 Å². The van der Waals surface area contributed by atoms with Gasteiger partial charge in [0.15, 0.2) is 0 Å². The average molecular weight is 1290 g/mol. The fourth-order valence-corrected chi connectivity index (χ4v) is 12.9. The van der Waals surface area contributed by atoms with Crippen molar-refractivity contribution in [1.29, 1.82) is 0 Å². The van der Waals surface area contributed by atoms with Crippen LogP contribution in [0.4, 0.5) is 14.4 Å². The Hall–Kier alpha value is -5.27. The third-order valence-electron chi connectivity index (χ3n) is 17.8. The molecule has 6 bridgehead atoms. The molecule has 88 heavy (non-hydrogen) atoms. The van der Waals surface area contributed by atoms with Gasteiger partial charge in [0, 0.05) is 32.7 Å². The smallest absolute Gasteiger partial charge is 0.418 e. The van der Waals surface area contributed by atoms with E-state index in [1.807, 2.05) is 0 Å². The summed E-state index contributed by atoms with van der Waals surface area (Å²) in [7, 11) is -9.77. The number of quaternary nitrogens is 1. The number of nitrogens with zero attached hydrogens (tertiary/aromatic N) is 13. The Kier molecular flexibility index (Phi) is 23.4. The van der Waals surface area contributed by atoms with Crippen molar-refractivity contribution in [1.82, 2.24) is 65.8 Å². The Labute approximate surface area is 513 Å². The van der Waals surface area contributed by atoms with Crippen molar-refractivity contribution in [2.75, 3.05) is 58.9 Å². The monoisotopic (exact) mass is 1280 g/mol. The van der Waals surface area contributed by atoms with Gasteiger partial charge < -0.3 is 56.5 Å². The van der Waals surface area contributed by atoms with E-state index in [0.29, 0.717) is 78.6 Å². The lowest BCUT2D eigenvalue weighted by Crippen LogP contribution is -2.50. The van der Waals surface area contributed by atoms with Gasteiger partial charge >= 0.3 is 28.5 Å². The largest absolute Gasteiger partial charge is 0.724 e. The maximum Gasteiger partial charge on any atom is 0.418 e. The van der Waals surface area contributed by atoms with E-state index in [9.17, 15) is 41.0 Å². The van der Waals surface area contributed by atoms with Gasteiger partial charge in [0.1, 0.15) is 37.9 Å². The van der Waals surface area contributed by atoms with Gasteiger partial charge in [0.05, 0.1) is 62.6 Å². The molecular formula is C54H88N14O18S2. The summed E-state index contributed by atoms with van der Waals surface area (Å²) in [6.07, 6.45) is 21.8.